The highest BCUT2D eigenvalue weighted by molar-refractivity contribution is 9.10. The van der Waals surface area contributed by atoms with Crippen molar-refractivity contribution >= 4 is 27.8 Å². The highest BCUT2D eigenvalue weighted by Gasteiger charge is 2.08. The van der Waals surface area contributed by atoms with Crippen molar-refractivity contribution in [1.29, 1.82) is 0 Å². The molecule has 0 unspecified atom stereocenters. The number of nitrogens with one attached hydrogen (secondary N) is 1. The van der Waals surface area contributed by atoms with Crippen LogP contribution in [0.25, 0.3) is 0 Å². The molecule has 0 heterocycles. The van der Waals surface area contributed by atoms with Crippen LogP contribution in [0.1, 0.15) is 54.4 Å². The van der Waals surface area contributed by atoms with Crippen molar-refractivity contribution in [2.75, 3.05) is 6.54 Å². The van der Waals surface area contributed by atoms with Crippen molar-refractivity contribution in [3.8, 4) is 0 Å². The molecule has 0 atom stereocenters. The normalized spacial score (nSPS) is 10.4. The molecule has 1 rings (SSSR count). The first-order valence-electron chi connectivity index (χ1n) is 7.27. The van der Waals surface area contributed by atoms with E-state index in [0.29, 0.717) is 12.1 Å². The molecule has 0 aliphatic heterocycles. The van der Waals surface area contributed by atoms with Crippen molar-refractivity contribution in [2.24, 2.45) is 0 Å². The zero-order chi connectivity index (χ0) is 15.7. The predicted octanol–water partition coefficient (Wildman–Crippen LogP) is 3.91. The van der Waals surface area contributed by atoms with Crippen LogP contribution in [0.5, 0.6) is 0 Å². The maximum absolute atomic E-state index is 12.0. The first-order valence-corrected chi connectivity index (χ1v) is 8.06. The molecule has 0 fully saturated rings. The topological polar surface area (TPSA) is 66.4 Å². The molecule has 0 aliphatic carbocycles. The second kappa shape index (κ2) is 9.55. The summed E-state index contributed by atoms with van der Waals surface area (Å²) in [6.45, 7) is 2.58. The van der Waals surface area contributed by atoms with Gasteiger partial charge in [0.05, 0.1) is 0 Å². The Morgan fingerprint density at radius 3 is 2.48 bits per heavy atom. The van der Waals surface area contributed by atoms with Gasteiger partial charge in [0, 0.05) is 23.0 Å². The van der Waals surface area contributed by atoms with E-state index in [4.69, 9.17) is 5.11 Å². The van der Waals surface area contributed by atoms with Crippen LogP contribution in [0.15, 0.2) is 22.7 Å². The summed E-state index contributed by atoms with van der Waals surface area (Å²) in [4.78, 5) is 22.3. The molecule has 0 saturated heterocycles. The van der Waals surface area contributed by atoms with Gasteiger partial charge in [0.15, 0.2) is 0 Å². The lowest BCUT2D eigenvalue weighted by molar-refractivity contribution is -0.137. The summed E-state index contributed by atoms with van der Waals surface area (Å²) in [7, 11) is 0. The molecule has 1 amide bonds. The van der Waals surface area contributed by atoms with Crippen molar-refractivity contribution < 1.29 is 14.7 Å². The van der Waals surface area contributed by atoms with Crippen molar-refractivity contribution in [2.45, 2.75) is 45.4 Å². The first kappa shape index (κ1) is 17.7. The summed E-state index contributed by atoms with van der Waals surface area (Å²) < 4.78 is 0.970. The SMILES string of the molecule is Cc1cc(Br)ccc1C(=O)NCCCCCCCC(=O)O. The minimum absolute atomic E-state index is 0.0362. The van der Waals surface area contributed by atoms with Gasteiger partial charge in [-0.05, 0) is 43.5 Å². The minimum Gasteiger partial charge on any atom is -0.481 e. The lowest BCUT2D eigenvalue weighted by Crippen LogP contribution is -2.25. The van der Waals surface area contributed by atoms with E-state index in [0.717, 1.165) is 42.1 Å². The molecule has 0 spiro atoms. The van der Waals surface area contributed by atoms with Crippen LogP contribution in [0.2, 0.25) is 0 Å². The van der Waals surface area contributed by atoms with Gasteiger partial charge in [-0.25, -0.2) is 0 Å². The van der Waals surface area contributed by atoms with Crippen LogP contribution in [-0.4, -0.2) is 23.5 Å². The Bertz CT molecular complexity index is 488. The van der Waals surface area contributed by atoms with E-state index in [-0.39, 0.29) is 12.3 Å². The molecule has 0 bridgehead atoms. The molecule has 2 N–H and O–H groups in total. The number of amides is 1. The number of carbonyl (C=O) groups is 2. The quantitative estimate of drug-likeness (QED) is 0.659. The lowest BCUT2D eigenvalue weighted by Gasteiger charge is -2.08. The minimum atomic E-state index is -0.730. The van der Waals surface area contributed by atoms with E-state index >= 15 is 0 Å². The Labute approximate surface area is 134 Å². The fraction of sp³-hybridized carbons (Fsp3) is 0.500. The van der Waals surface area contributed by atoms with Gasteiger partial charge in [-0.1, -0.05) is 35.2 Å². The van der Waals surface area contributed by atoms with Gasteiger partial charge in [0.25, 0.3) is 5.91 Å². The van der Waals surface area contributed by atoms with E-state index < -0.39 is 5.97 Å². The Morgan fingerprint density at radius 1 is 1.14 bits per heavy atom. The fourth-order valence-electron chi connectivity index (χ4n) is 2.11. The average molecular weight is 356 g/mol. The Kier molecular flexibility index (Phi) is 8.05. The fourth-order valence-corrected chi connectivity index (χ4v) is 2.59. The number of carbonyl (C=O) groups excluding carboxylic acids is 1. The van der Waals surface area contributed by atoms with Crippen molar-refractivity contribution in [1.82, 2.24) is 5.32 Å². The monoisotopic (exact) mass is 355 g/mol. The lowest BCUT2D eigenvalue weighted by atomic mass is 10.1. The molecule has 1 aromatic carbocycles. The van der Waals surface area contributed by atoms with Crippen molar-refractivity contribution in [3.63, 3.8) is 0 Å². The number of hydrogen-bond donors (Lipinski definition) is 2. The van der Waals surface area contributed by atoms with Gasteiger partial charge in [0.2, 0.25) is 0 Å². The summed E-state index contributed by atoms with van der Waals surface area (Å²) in [6, 6.07) is 5.61. The Hall–Kier alpha value is -1.36. The second-order valence-electron chi connectivity index (χ2n) is 5.13. The standard InChI is InChI=1S/C16H22BrNO3/c1-12-11-13(17)8-9-14(12)16(21)18-10-6-4-2-3-5-7-15(19)20/h8-9,11H,2-7,10H2,1H3,(H,18,21)(H,19,20). The molecule has 116 valence electrons. The van der Waals surface area contributed by atoms with Crippen LogP contribution in [0.3, 0.4) is 0 Å². The van der Waals surface area contributed by atoms with Gasteiger partial charge in [-0.2, -0.15) is 0 Å². The smallest absolute Gasteiger partial charge is 0.303 e. The summed E-state index contributed by atoms with van der Waals surface area (Å²) in [6.07, 6.45) is 4.87. The highest BCUT2D eigenvalue weighted by Crippen LogP contribution is 2.15. The predicted molar refractivity (Wildman–Crippen MR) is 86.6 cm³/mol. The molecule has 5 heteroatoms. The molecule has 4 nitrogen and oxygen atoms in total. The van der Waals surface area contributed by atoms with E-state index in [1.54, 1.807) is 0 Å². The number of aryl methyl sites for hydroxylation is 1. The van der Waals surface area contributed by atoms with Gasteiger partial charge >= 0.3 is 5.97 Å². The molecular formula is C16H22BrNO3. The number of hydrogen-bond acceptors (Lipinski definition) is 2. The number of rotatable bonds is 9. The van der Waals surface area contributed by atoms with Crippen molar-refractivity contribution in [3.05, 3.63) is 33.8 Å². The van der Waals surface area contributed by atoms with Crippen LogP contribution in [0.4, 0.5) is 0 Å². The number of halogens is 1. The van der Waals surface area contributed by atoms with Gasteiger partial charge in [0.1, 0.15) is 0 Å². The van der Waals surface area contributed by atoms with Crippen LogP contribution >= 0.6 is 15.9 Å². The number of benzene rings is 1. The molecule has 0 radical (unpaired) electrons. The summed E-state index contributed by atoms with van der Waals surface area (Å²) in [5.74, 6) is -0.766. The largest absolute Gasteiger partial charge is 0.481 e. The average Bonchev–Trinajstić information content (AvgIpc) is 2.41. The maximum Gasteiger partial charge on any atom is 0.303 e. The molecule has 1 aromatic rings. The molecule has 0 aromatic heterocycles. The molecular weight excluding hydrogens is 334 g/mol. The number of aliphatic carboxylic acids is 1. The van der Waals surface area contributed by atoms with E-state index in [9.17, 15) is 9.59 Å². The Balaban J connectivity index is 2.15. The maximum atomic E-state index is 12.0. The Morgan fingerprint density at radius 2 is 1.81 bits per heavy atom. The van der Waals surface area contributed by atoms with E-state index in [1.165, 1.54) is 0 Å². The number of carboxylic acids is 1. The van der Waals surface area contributed by atoms with Gasteiger partial charge in [-0.3, -0.25) is 9.59 Å². The molecule has 0 saturated carbocycles. The number of carboxylic acid groups (broad SMARTS) is 1. The van der Waals surface area contributed by atoms with E-state index in [2.05, 4.69) is 21.2 Å². The summed E-state index contributed by atoms with van der Waals surface area (Å²) in [5, 5.41) is 11.4. The van der Waals surface area contributed by atoms with Gasteiger partial charge < -0.3 is 10.4 Å². The number of unbranched alkanes of at least 4 members (excludes halogenated alkanes) is 4. The highest BCUT2D eigenvalue weighted by atomic mass is 79.9. The third-order valence-electron chi connectivity index (χ3n) is 3.29. The first-order chi connectivity index (χ1) is 10.0. The van der Waals surface area contributed by atoms with E-state index in [1.807, 2.05) is 25.1 Å². The second-order valence-corrected chi connectivity index (χ2v) is 6.04. The van der Waals surface area contributed by atoms with Crippen LogP contribution in [0, 0.1) is 6.92 Å². The van der Waals surface area contributed by atoms with Gasteiger partial charge in [-0.15, -0.1) is 0 Å². The third-order valence-corrected chi connectivity index (χ3v) is 3.78. The molecule has 0 aliphatic rings. The zero-order valence-electron chi connectivity index (χ0n) is 12.3. The van der Waals surface area contributed by atoms with Crippen LogP contribution < -0.4 is 5.32 Å². The zero-order valence-corrected chi connectivity index (χ0v) is 13.9. The summed E-state index contributed by atoms with van der Waals surface area (Å²) >= 11 is 3.38. The van der Waals surface area contributed by atoms with Crippen LogP contribution in [-0.2, 0) is 4.79 Å². The summed E-state index contributed by atoms with van der Waals surface area (Å²) in [5.41, 5.74) is 1.66. The third kappa shape index (κ3) is 7.27. The molecule has 21 heavy (non-hydrogen) atoms.